The molecule has 6 heteroatoms. The standard InChI is InChI=1S/C24H28N2O4/c1-15(2)20(26-22(27)18-11-9-16(3)10-12-18)24(29)30-21(17-7-5-4-6-8-17)23(28)25-19-13-14-19/h4-12,15,19-21H,13-14H2,1-3H3,(H,25,28)(H,26,27)/t20-,21?/m0/s1. The van der Waals surface area contributed by atoms with E-state index >= 15 is 0 Å². The summed E-state index contributed by atoms with van der Waals surface area (Å²) in [7, 11) is 0. The maximum absolute atomic E-state index is 13.0. The van der Waals surface area contributed by atoms with Gasteiger partial charge in [-0.2, -0.15) is 0 Å². The largest absolute Gasteiger partial charge is 0.446 e. The number of esters is 1. The molecule has 2 atom stereocenters. The number of amides is 2. The van der Waals surface area contributed by atoms with Crippen molar-refractivity contribution >= 4 is 17.8 Å². The number of benzene rings is 2. The van der Waals surface area contributed by atoms with Crippen molar-refractivity contribution in [2.75, 3.05) is 0 Å². The Kier molecular flexibility index (Phi) is 6.87. The van der Waals surface area contributed by atoms with Gasteiger partial charge in [0.05, 0.1) is 0 Å². The van der Waals surface area contributed by atoms with Gasteiger partial charge in [-0.15, -0.1) is 0 Å². The molecule has 0 aromatic heterocycles. The number of aryl methyl sites for hydroxylation is 1. The number of carbonyl (C=O) groups excluding carboxylic acids is 3. The third-order valence-electron chi connectivity index (χ3n) is 5.02. The number of hydrogen-bond acceptors (Lipinski definition) is 4. The minimum absolute atomic E-state index is 0.143. The summed E-state index contributed by atoms with van der Waals surface area (Å²) in [5.41, 5.74) is 2.10. The molecule has 2 aromatic rings. The molecule has 158 valence electrons. The van der Waals surface area contributed by atoms with Crippen LogP contribution in [0.2, 0.25) is 0 Å². The van der Waals surface area contributed by atoms with E-state index in [4.69, 9.17) is 4.74 Å². The van der Waals surface area contributed by atoms with Crippen LogP contribution < -0.4 is 10.6 Å². The zero-order valence-corrected chi connectivity index (χ0v) is 17.6. The molecule has 2 N–H and O–H groups in total. The molecule has 6 nitrogen and oxygen atoms in total. The highest BCUT2D eigenvalue weighted by molar-refractivity contribution is 5.97. The van der Waals surface area contributed by atoms with E-state index in [0.29, 0.717) is 11.1 Å². The lowest BCUT2D eigenvalue weighted by molar-refractivity contribution is -0.159. The summed E-state index contributed by atoms with van der Waals surface area (Å²) in [5, 5.41) is 5.65. The van der Waals surface area contributed by atoms with E-state index in [2.05, 4.69) is 10.6 Å². The van der Waals surface area contributed by atoms with E-state index in [1.165, 1.54) is 0 Å². The molecular weight excluding hydrogens is 380 g/mol. The molecule has 0 radical (unpaired) electrons. The number of carbonyl (C=O) groups is 3. The second-order valence-corrected chi connectivity index (χ2v) is 8.07. The van der Waals surface area contributed by atoms with Crippen LogP contribution in [-0.2, 0) is 14.3 Å². The maximum Gasteiger partial charge on any atom is 0.330 e. The van der Waals surface area contributed by atoms with Crippen molar-refractivity contribution in [3.8, 4) is 0 Å². The van der Waals surface area contributed by atoms with Crippen molar-refractivity contribution < 1.29 is 19.1 Å². The third kappa shape index (κ3) is 5.69. The molecule has 0 saturated heterocycles. The van der Waals surface area contributed by atoms with Gasteiger partial charge in [0.25, 0.3) is 11.8 Å². The minimum atomic E-state index is -1.06. The van der Waals surface area contributed by atoms with Crippen molar-refractivity contribution in [1.29, 1.82) is 0 Å². The first-order chi connectivity index (χ1) is 14.3. The molecule has 1 fully saturated rings. The quantitative estimate of drug-likeness (QED) is 0.657. The fourth-order valence-electron chi connectivity index (χ4n) is 3.02. The van der Waals surface area contributed by atoms with Crippen molar-refractivity contribution in [2.45, 2.75) is 51.8 Å². The average molecular weight is 408 g/mol. The van der Waals surface area contributed by atoms with Gasteiger partial charge in [-0.1, -0.05) is 61.9 Å². The van der Waals surface area contributed by atoms with Crippen molar-refractivity contribution in [2.24, 2.45) is 5.92 Å². The minimum Gasteiger partial charge on any atom is -0.446 e. The van der Waals surface area contributed by atoms with Crippen molar-refractivity contribution in [1.82, 2.24) is 10.6 Å². The van der Waals surface area contributed by atoms with Gasteiger partial charge in [-0.3, -0.25) is 9.59 Å². The zero-order valence-electron chi connectivity index (χ0n) is 17.6. The van der Waals surface area contributed by atoms with E-state index in [9.17, 15) is 14.4 Å². The Hall–Kier alpha value is -3.15. The van der Waals surface area contributed by atoms with Gasteiger partial charge in [-0.05, 0) is 37.8 Å². The van der Waals surface area contributed by atoms with E-state index in [-0.39, 0.29) is 23.8 Å². The Morgan fingerprint density at radius 2 is 1.60 bits per heavy atom. The second kappa shape index (κ2) is 9.57. The fraction of sp³-hybridized carbons (Fsp3) is 0.375. The molecule has 0 bridgehead atoms. The first-order valence-electron chi connectivity index (χ1n) is 10.3. The lowest BCUT2D eigenvalue weighted by Crippen LogP contribution is -2.46. The summed E-state index contributed by atoms with van der Waals surface area (Å²) in [4.78, 5) is 38.3. The van der Waals surface area contributed by atoms with Crippen molar-refractivity contribution in [3.05, 3.63) is 71.3 Å². The molecule has 2 aromatic carbocycles. The molecular formula is C24H28N2O4. The van der Waals surface area contributed by atoms with Crippen LogP contribution in [0.25, 0.3) is 0 Å². The van der Waals surface area contributed by atoms with Gasteiger partial charge >= 0.3 is 5.97 Å². The molecule has 0 spiro atoms. The van der Waals surface area contributed by atoms with Gasteiger partial charge in [-0.25, -0.2) is 4.79 Å². The SMILES string of the molecule is Cc1ccc(C(=O)N[C@H](C(=O)OC(C(=O)NC2CC2)c2ccccc2)C(C)C)cc1. The van der Waals surface area contributed by atoms with Crippen LogP contribution in [0.4, 0.5) is 0 Å². The predicted octanol–water partition coefficient (Wildman–Crippen LogP) is 3.31. The van der Waals surface area contributed by atoms with Crippen LogP contribution >= 0.6 is 0 Å². The summed E-state index contributed by atoms with van der Waals surface area (Å²) < 4.78 is 5.64. The molecule has 30 heavy (non-hydrogen) atoms. The van der Waals surface area contributed by atoms with E-state index < -0.39 is 18.1 Å². The Labute approximate surface area is 177 Å². The van der Waals surface area contributed by atoms with Gasteiger partial charge in [0.2, 0.25) is 6.10 Å². The molecule has 1 unspecified atom stereocenters. The molecule has 0 heterocycles. The van der Waals surface area contributed by atoms with Gasteiger partial charge in [0.15, 0.2) is 0 Å². The first kappa shape index (κ1) is 21.6. The van der Waals surface area contributed by atoms with Gasteiger partial charge in [0.1, 0.15) is 6.04 Å². The monoisotopic (exact) mass is 408 g/mol. The van der Waals surface area contributed by atoms with Gasteiger partial charge < -0.3 is 15.4 Å². The van der Waals surface area contributed by atoms with Crippen LogP contribution in [0.1, 0.15) is 54.3 Å². The van der Waals surface area contributed by atoms with E-state index in [1.807, 2.05) is 39.0 Å². The molecule has 1 saturated carbocycles. The Morgan fingerprint density at radius 1 is 0.967 bits per heavy atom. The third-order valence-corrected chi connectivity index (χ3v) is 5.02. The van der Waals surface area contributed by atoms with Crippen LogP contribution in [0.3, 0.4) is 0 Å². The Bertz CT molecular complexity index is 889. The molecule has 1 aliphatic carbocycles. The van der Waals surface area contributed by atoms with E-state index in [0.717, 1.165) is 18.4 Å². The van der Waals surface area contributed by atoms with Crippen molar-refractivity contribution in [3.63, 3.8) is 0 Å². The van der Waals surface area contributed by atoms with Crippen LogP contribution in [0.5, 0.6) is 0 Å². The summed E-state index contributed by atoms with van der Waals surface area (Å²) >= 11 is 0. The normalized spacial score (nSPS) is 15.2. The summed E-state index contributed by atoms with van der Waals surface area (Å²) in [6.45, 7) is 5.58. The highest BCUT2D eigenvalue weighted by Crippen LogP contribution is 2.24. The smallest absolute Gasteiger partial charge is 0.330 e. The molecule has 2 amide bonds. The van der Waals surface area contributed by atoms with Crippen LogP contribution in [0, 0.1) is 12.8 Å². The zero-order chi connectivity index (χ0) is 21.7. The van der Waals surface area contributed by atoms with Gasteiger partial charge in [0, 0.05) is 17.2 Å². The molecule has 0 aliphatic heterocycles. The lowest BCUT2D eigenvalue weighted by atomic mass is 10.0. The highest BCUT2D eigenvalue weighted by atomic mass is 16.5. The second-order valence-electron chi connectivity index (χ2n) is 8.07. The van der Waals surface area contributed by atoms with Crippen LogP contribution in [-0.4, -0.2) is 29.9 Å². The molecule has 3 rings (SSSR count). The van der Waals surface area contributed by atoms with E-state index in [1.54, 1.807) is 36.4 Å². The topological polar surface area (TPSA) is 84.5 Å². The highest BCUT2D eigenvalue weighted by Gasteiger charge is 2.34. The lowest BCUT2D eigenvalue weighted by Gasteiger charge is -2.24. The summed E-state index contributed by atoms with van der Waals surface area (Å²) in [6, 6.07) is 15.3. The number of nitrogens with one attached hydrogen (secondary N) is 2. The molecule has 1 aliphatic rings. The Morgan fingerprint density at radius 3 is 2.17 bits per heavy atom. The fourth-order valence-corrected chi connectivity index (χ4v) is 3.02. The average Bonchev–Trinajstić information content (AvgIpc) is 3.54. The van der Waals surface area contributed by atoms with Crippen LogP contribution in [0.15, 0.2) is 54.6 Å². The number of hydrogen-bond donors (Lipinski definition) is 2. The maximum atomic E-state index is 13.0. The summed E-state index contributed by atoms with van der Waals surface area (Å²) in [6.07, 6.45) is 0.807. The first-order valence-corrected chi connectivity index (χ1v) is 10.3. The summed E-state index contributed by atoms with van der Waals surface area (Å²) in [5.74, 6) is -1.55. The number of rotatable bonds is 8. The number of ether oxygens (including phenoxy) is 1. The predicted molar refractivity (Wildman–Crippen MR) is 114 cm³/mol. The Balaban J connectivity index is 1.74.